The van der Waals surface area contributed by atoms with Crippen molar-refractivity contribution in [3.8, 4) is 0 Å². The van der Waals surface area contributed by atoms with Crippen molar-refractivity contribution in [2.75, 3.05) is 0 Å². The molecule has 0 fully saturated rings. The van der Waals surface area contributed by atoms with Crippen LogP contribution < -0.4 is 0 Å². The summed E-state index contributed by atoms with van der Waals surface area (Å²) in [5, 5.41) is 0. The molecule has 0 unspecified atom stereocenters. The van der Waals surface area contributed by atoms with Gasteiger partial charge in [-0.1, -0.05) is 35.6 Å². The van der Waals surface area contributed by atoms with Gasteiger partial charge >= 0.3 is 8.56 Å². The lowest BCUT2D eigenvalue weighted by molar-refractivity contribution is 0.391. The Bertz CT molecular complexity index is 199. The first-order valence-electron chi connectivity index (χ1n) is 5.88. The first kappa shape index (κ1) is 27.0. The van der Waals surface area contributed by atoms with Crippen molar-refractivity contribution >= 4 is 25.2 Å². The molecule has 0 bridgehead atoms. The summed E-state index contributed by atoms with van der Waals surface area (Å²) in [6.45, 7) is 17.9. The highest BCUT2D eigenvalue weighted by Crippen LogP contribution is 2.23. The van der Waals surface area contributed by atoms with Crippen LogP contribution in [0.2, 0.25) is 51.9 Å². The van der Waals surface area contributed by atoms with E-state index in [1.165, 1.54) is 12.5 Å². The van der Waals surface area contributed by atoms with Gasteiger partial charge in [0.15, 0.2) is 16.6 Å². The zero-order valence-electron chi connectivity index (χ0n) is 11.7. The van der Waals surface area contributed by atoms with Gasteiger partial charge in [0.2, 0.25) is 0 Å². The van der Waals surface area contributed by atoms with Crippen LogP contribution in [-0.2, 0) is 8.23 Å². The molecule has 0 saturated carbocycles. The molecule has 0 rings (SSSR count). The Morgan fingerprint density at radius 1 is 0.722 bits per heavy atom. The summed E-state index contributed by atoms with van der Waals surface area (Å²) in [6, 6.07) is 1.23. The van der Waals surface area contributed by atoms with Crippen molar-refractivity contribution in [1.82, 2.24) is 0 Å². The maximum absolute atomic E-state index is 6.33. The smallest absolute Gasteiger partial charge is 0.311 e. The maximum atomic E-state index is 6.33. The van der Waals surface area contributed by atoms with E-state index in [1.807, 2.05) is 0 Å². The van der Waals surface area contributed by atoms with Crippen molar-refractivity contribution < 1.29 is 8.23 Å². The Kier molecular flexibility index (Phi) is 14.2. The zero-order chi connectivity index (χ0) is 12.3. The van der Waals surface area contributed by atoms with E-state index >= 15 is 0 Å². The van der Waals surface area contributed by atoms with Crippen molar-refractivity contribution in [1.29, 1.82) is 0 Å². The molecule has 0 radical (unpaired) electrons. The van der Waals surface area contributed by atoms with Crippen LogP contribution in [0.1, 0.15) is 35.6 Å². The average Bonchev–Trinajstić information content (AvgIpc) is 1.74. The standard InChI is InChI=1S/C10H28O2Si3.3CH4/c1-9-10-14(5,6)12-15(7,8)11-13(2,3)4;;;/h9-10H2,1-8H3;3*1H4. The van der Waals surface area contributed by atoms with E-state index in [0.717, 1.165) is 0 Å². The third kappa shape index (κ3) is 14.6. The minimum atomic E-state index is -1.89. The molecule has 0 heterocycles. The summed E-state index contributed by atoms with van der Waals surface area (Å²) >= 11 is 0. The third-order valence-corrected chi connectivity index (χ3v) is 12.2. The fourth-order valence-corrected chi connectivity index (χ4v) is 15.5. The van der Waals surface area contributed by atoms with Crippen LogP contribution in [0.5, 0.6) is 0 Å². The van der Waals surface area contributed by atoms with E-state index in [4.69, 9.17) is 8.23 Å². The number of hydrogen-bond donors (Lipinski definition) is 0. The number of hydrogen-bond acceptors (Lipinski definition) is 2. The van der Waals surface area contributed by atoms with E-state index in [2.05, 4.69) is 52.8 Å². The SMILES string of the molecule is C.C.C.CCC[Si](C)(C)O[Si](C)(C)O[Si](C)(C)C. The second kappa shape index (κ2) is 9.47. The molecule has 116 valence electrons. The van der Waals surface area contributed by atoms with E-state index in [-0.39, 0.29) is 22.3 Å². The monoisotopic (exact) mass is 312 g/mol. The van der Waals surface area contributed by atoms with Gasteiger partial charge in [0.25, 0.3) is 0 Å². The Morgan fingerprint density at radius 2 is 1.11 bits per heavy atom. The predicted octanol–water partition coefficient (Wildman–Crippen LogP) is 6.08. The van der Waals surface area contributed by atoms with Crippen molar-refractivity contribution in [3.63, 3.8) is 0 Å². The minimum absolute atomic E-state index is 0. The summed E-state index contributed by atoms with van der Waals surface area (Å²) in [5.74, 6) is 0. The second-order valence-electron chi connectivity index (χ2n) is 6.23. The predicted molar refractivity (Wildman–Crippen MR) is 95.8 cm³/mol. The molecule has 0 saturated heterocycles. The Hall–Kier alpha value is 0.571. The van der Waals surface area contributed by atoms with Crippen LogP contribution in [-0.4, -0.2) is 25.2 Å². The zero-order valence-corrected chi connectivity index (χ0v) is 14.7. The van der Waals surface area contributed by atoms with Crippen molar-refractivity contribution in [2.45, 2.75) is 87.5 Å². The Balaban J connectivity index is -0.000000327. The summed E-state index contributed by atoms with van der Waals surface area (Å²) in [4.78, 5) is 0. The molecule has 18 heavy (non-hydrogen) atoms. The maximum Gasteiger partial charge on any atom is 0.311 e. The van der Waals surface area contributed by atoms with Gasteiger partial charge in [-0.25, -0.2) is 0 Å². The Morgan fingerprint density at radius 3 is 1.39 bits per heavy atom. The molecular formula is C13H40O2Si3. The van der Waals surface area contributed by atoms with Gasteiger partial charge in [-0.05, 0) is 51.9 Å². The molecule has 0 aromatic carbocycles. The van der Waals surface area contributed by atoms with Gasteiger partial charge in [0.05, 0.1) is 0 Å². The van der Waals surface area contributed by atoms with Crippen LogP contribution in [0, 0.1) is 0 Å². The highest BCUT2D eigenvalue weighted by atomic mass is 28.5. The van der Waals surface area contributed by atoms with Gasteiger partial charge in [0, 0.05) is 0 Å². The molecular weight excluding hydrogens is 272 g/mol. The third-order valence-electron chi connectivity index (χ3n) is 1.93. The van der Waals surface area contributed by atoms with Crippen LogP contribution in [0.25, 0.3) is 0 Å². The van der Waals surface area contributed by atoms with Gasteiger partial charge in [-0.2, -0.15) is 0 Å². The number of rotatable bonds is 6. The molecule has 0 aliphatic heterocycles. The highest BCUT2D eigenvalue weighted by molar-refractivity contribution is 6.87. The van der Waals surface area contributed by atoms with Crippen LogP contribution in [0.3, 0.4) is 0 Å². The Labute approximate surface area is 121 Å². The van der Waals surface area contributed by atoms with E-state index < -0.39 is 25.2 Å². The molecule has 5 heteroatoms. The van der Waals surface area contributed by atoms with E-state index in [0.29, 0.717) is 0 Å². The van der Waals surface area contributed by atoms with Crippen molar-refractivity contribution in [2.24, 2.45) is 0 Å². The van der Waals surface area contributed by atoms with Gasteiger partial charge in [0.1, 0.15) is 0 Å². The average molecular weight is 313 g/mol. The van der Waals surface area contributed by atoms with Gasteiger partial charge in [-0.15, -0.1) is 0 Å². The summed E-state index contributed by atoms with van der Waals surface area (Å²) in [5.41, 5.74) is 0. The molecule has 0 aromatic heterocycles. The first-order chi connectivity index (χ1) is 6.47. The summed E-state index contributed by atoms with van der Waals surface area (Å²) in [6.07, 6.45) is 1.22. The van der Waals surface area contributed by atoms with Crippen LogP contribution in [0.15, 0.2) is 0 Å². The molecule has 0 aliphatic rings. The lowest BCUT2D eigenvalue weighted by atomic mass is 10.6. The topological polar surface area (TPSA) is 18.5 Å². The summed E-state index contributed by atoms with van der Waals surface area (Å²) < 4.78 is 12.5. The molecule has 0 aromatic rings. The molecule has 2 nitrogen and oxygen atoms in total. The molecule has 0 spiro atoms. The normalized spacial score (nSPS) is 12.0. The highest BCUT2D eigenvalue weighted by Gasteiger charge is 2.37. The molecule has 0 N–H and O–H groups in total. The van der Waals surface area contributed by atoms with Gasteiger partial charge < -0.3 is 8.23 Å². The largest absolute Gasteiger partial charge is 0.437 e. The second-order valence-corrected chi connectivity index (χ2v) is 18.9. The van der Waals surface area contributed by atoms with Crippen LogP contribution >= 0.6 is 0 Å². The van der Waals surface area contributed by atoms with E-state index in [9.17, 15) is 0 Å². The summed E-state index contributed by atoms with van der Waals surface area (Å²) in [7, 11) is -4.82. The van der Waals surface area contributed by atoms with E-state index in [1.54, 1.807) is 0 Å². The minimum Gasteiger partial charge on any atom is -0.437 e. The fraction of sp³-hybridized carbons (Fsp3) is 1.00. The van der Waals surface area contributed by atoms with Crippen LogP contribution in [0.4, 0.5) is 0 Å². The van der Waals surface area contributed by atoms with Gasteiger partial charge in [-0.3, -0.25) is 0 Å². The molecule has 0 atom stereocenters. The lowest BCUT2D eigenvalue weighted by Gasteiger charge is -2.37. The van der Waals surface area contributed by atoms with Crippen molar-refractivity contribution in [3.05, 3.63) is 0 Å². The quantitative estimate of drug-likeness (QED) is 0.553. The first-order valence-corrected chi connectivity index (χ1v) is 15.2. The molecule has 0 amide bonds. The molecule has 0 aliphatic carbocycles. The fourth-order valence-electron chi connectivity index (χ4n) is 2.08. The lowest BCUT2D eigenvalue weighted by Crippen LogP contribution is -2.51.